The van der Waals surface area contributed by atoms with Crippen molar-refractivity contribution in [1.82, 2.24) is 0 Å². The molecule has 3 nitrogen and oxygen atoms in total. The number of ether oxygens (including phenoxy) is 2. The molecule has 0 radical (unpaired) electrons. The zero-order valence-electron chi connectivity index (χ0n) is 11.1. The van der Waals surface area contributed by atoms with Gasteiger partial charge in [-0.2, -0.15) is 0 Å². The molecule has 0 aromatic heterocycles. The molecule has 20 heavy (non-hydrogen) atoms. The van der Waals surface area contributed by atoms with E-state index in [-0.39, 0.29) is 5.56 Å². The first-order valence-corrected chi connectivity index (χ1v) is 5.92. The molecule has 0 spiro atoms. The number of hydrogen-bond donors (Lipinski definition) is 1. The average molecular weight is 280 g/mol. The molecule has 0 bridgehead atoms. The van der Waals surface area contributed by atoms with Crippen LogP contribution in [0.3, 0.4) is 0 Å². The molecule has 0 heterocycles. The molecule has 0 aliphatic heterocycles. The van der Waals surface area contributed by atoms with E-state index in [1.165, 1.54) is 26.4 Å². The van der Waals surface area contributed by atoms with E-state index in [9.17, 15) is 13.9 Å². The van der Waals surface area contributed by atoms with E-state index in [2.05, 4.69) is 0 Å². The van der Waals surface area contributed by atoms with Crippen molar-refractivity contribution in [2.75, 3.05) is 14.2 Å². The highest BCUT2D eigenvalue weighted by atomic mass is 19.2. The van der Waals surface area contributed by atoms with Gasteiger partial charge in [0.25, 0.3) is 0 Å². The first-order chi connectivity index (χ1) is 9.58. The van der Waals surface area contributed by atoms with Crippen LogP contribution in [-0.4, -0.2) is 19.3 Å². The zero-order chi connectivity index (χ0) is 14.7. The van der Waals surface area contributed by atoms with Crippen LogP contribution in [0.5, 0.6) is 11.5 Å². The van der Waals surface area contributed by atoms with Crippen molar-refractivity contribution in [1.29, 1.82) is 0 Å². The molecule has 2 aromatic carbocycles. The van der Waals surface area contributed by atoms with Crippen molar-refractivity contribution in [3.63, 3.8) is 0 Å². The number of aliphatic hydroxyl groups is 1. The van der Waals surface area contributed by atoms with Crippen LogP contribution in [0.2, 0.25) is 0 Å². The van der Waals surface area contributed by atoms with Crippen LogP contribution in [0.1, 0.15) is 17.2 Å². The van der Waals surface area contributed by atoms with Gasteiger partial charge in [-0.05, 0) is 18.2 Å². The smallest absolute Gasteiger partial charge is 0.164 e. The van der Waals surface area contributed by atoms with Gasteiger partial charge in [0.15, 0.2) is 11.6 Å². The second kappa shape index (κ2) is 5.88. The monoisotopic (exact) mass is 280 g/mol. The van der Waals surface area contributed by atoms with E-state index in [1.807, 2.05) is 0 Å². The summed E-state index contributed by atoms with van der Waals surface area (Å²) in [6.07, 6.45) is -1.33. The molecular weight excluding hydrogens is 266 g/mol. The Morgan fingerprint density at radius 1 is 1.00 bits per heavy atom. The van der Waals surface area contributed by atoms with Gasteiger partial charge < -0.3 is 14.6 Å². The molecule has 0 saturated heterocycles. The third-order valence-electron chi connectivity index (χ3n) is 3.01. The lowest BCUT2D eigenvalue weighted by molar-refractivity contribution is 0.208. The standard InChI is InChI=1S/C15H14F2O3/c1-19-9-6-7-10(13(8-9)20-2)15(18)11-4-3-5-12(16)14(11)17/h3-8,15,18H,1-2H3. The zero-order valence-corrected chi connectivity index (χ0v) is 11.1. The molecular formula is C15H14F2O3. The summed E-state index contributed by atoms with van der Waals surface area (Å²) in [5, 5.41) is 10.2. The van der Waals surface area contributed by atoms with Crippen molar-refractivity contribution < 1.29 is 23.4 Å². The summed E-state index contributed by atoms with van der Waals surface area (Å²) in [5.74, 6) is -1.20. The maximum absolute atomic E-state index is 13.7. The Hall–Kier alpha value is -2.14. The Labute approximate surface area is 115 Å². The van der Waals surface area contributed by atoms with Gasteiger partial charge in [-0.25, -0.2) is 8.78 Å². The molecule has 5 heteroatoms. The summed E-state index contributed by atoms with van der Waals surface area (Å²) in [6, 6.07) is 8.39. The molecule has 2 rings (SSSR count). The van der Waals surface area contributed by atoms with Crippen molar-refractivity contribution in [2.24, 2.45) is 0 Å². The second-order valence-corrected chi connectivity index (χ2v) is 4.15. The first-order valence-electron chi connectivity index (χ1n) is 5.92. The summed E-state index contributed by atoms with van der Waals surface area (Å²) < 4.78 is 37.1. The lowest BCUT2D eigenvalue weighted by atomic mass is 10.00. The molecule has 0 saturated carbocycles. The van der Waals surface area contributed by atoms with Gasteiger partial charge in [-0.3, -0.25) is 0 Å². The molecule has 106 valence electrons. The van der Waals surface area contributed by atoms with Gasteiger partial charge in [-0.1, -0.05) is 12.1 Å². The van der Waals surface area contributed by atoms with E-state index in [0.717, 1.165) is 6.07 Å². The summed E-state index contributed by atoms with van der Waals surface area (Å²) in [7, 11) is 2.92. The summed E-state index contributed by atoms with van der Waals surface area (Å²) >= 11 is 0. The molecule has 0 amide bonds. The maximum atomic E-state index is 13.7. The van der Waals surface area contributed by atoms with Crippen molar-refractivity contribution in [3.05, 3.63) is 59.2 Å². The maximum Gasteiger partial charge on any atom is 0.164 e. The van der Waals surface area contributed by atoms with E-state index >= 15 is 0 Å². The summed E-state index contributed by atoms with van der Waals surface area (Å²) in [4.78, 5) is 0. The fraction of sp³-hybridized carbons (Fsp3) is 0.200. The van der Waals surface area contributed by atoms with Gasteiger partial charge in [0.1, 0.15) is 17.6 Å². The summed E-state index contributed by atoms with van der Waals surface area (Å²) in [5.41, 5.74) is 0.186. The van der Waals surface area contributed by atoms with Crippen molar-refractivity contribution >= 4 is 0 Å². The van der Waals surface area contributed by atoms with Crippen LogP contribution in [0.25, 0.3) is 0 Å². The first kappa shape index (κ1) is 14.3. The number of rotatable bonds is 4. The van der Waals surface area contributed by atoms with Gasteiger partial charge in [0, 0.05) is 17.2 Å². The van der Waals surface area contributed by atoms with Crippen LogP contribution in [0.4, 0.5) is 8.78 Å². The van der Waals surface area contributed by atoms with Crippen molar-refractivity contribution in [2.45, 2.75) is 6.10 Å². The molecule has 2 aromatic rings. The highest BCUT2D eigenvalue weighted by Crippen LogP contribution is 2.34. The molecule has 1 N–H and O–H groups in total. The van der Waals surface area contributed by atoms with Gasteiger partial charge in [0.05, 0.1) is 14.2 Å². The topological polar surface area (TPSA) is 38.7 Å². The van der Waals surface area contributed by atoms with Crippen LogP contribution in [-0.2, 0) is 0 Å². The number of halogens is 2. The Balaban J connectivity index is 2.47. The van der Waals surface area contributed by atoms with Crippen LogP contribution < -0.4 is 9.47 Å². The predicted octanol–water partition coefficient (Wildman–Crippen LogP) is 3.06. The third-order valence-corrected chi connectivity index (χ3v) is 3.01. The molecule has 1 unspecified atom stereocenters. The Kier molecular flexibility index (Phi) is 4.20. The van der Waals surface area contributed by atoms with Crippen molar-refractivity contribution in [3.8, 4) is 11.5 Å². The van der Waals surface area contributed by atoms with Gasteiger partial charge in [0.2, 0.25) is 0 Å². The van der Waals surface area contributed by atoms with E-state index in [4.69, 9.17) is 9.47 Å². The predicted molar refractivity (Wildman–Crippen MR) is 70.0 cm³/mol. The quantitative estimate of drug-likeness (QED) is 0.935. The van der Waals surface area contributed by atoms with Crippen LogP contribution in [0, 0.1) is 11.6 Å². The van der Waals surface area contributed by atoms with Crippen LogP contribution in [0.15, 0.2) is 36.4 Å². The number of benzene rings is 2. The minimum atomic E-state index is -1.33. The Bertz CT molecular complexity index is 614. The third kappa shape index (κ3) is 2.58. The minimum Gasteiger partial charge on any atom is -0.497 e. The number of hydrogen-bond acceptors (Lipinski definition) is 3. The average Bonchev–Trinajstić information content (AvgIpc) is 2.48. The SMILES string of the molecule is COc1ccc(C(O)c2cccc(F)c2F)c(OC)c1. The minimum absolute atomic E-state index is 0.145. The molecule has 1 atom stereocenters. The lowest BCUT2D eigenvalue weighted by Gasteiger charge is -2.16. The largest absolute Gasteiger partial charge is 0.497 e. The summed E-state index contributed by atoms with van der Waals surface area (Å²) in [6.45, 7) is 0. The van der Waals surface area contributed by atoms with Crippen LogP contribution >= 0.6 is 0 Å². The lowest BCUT2D eigenvalue weighted by Crippen LogP contribution is -2.06. The molecule has 0 fully saturated rings. The number of methoxy groups -OCH3 is 2. The number of aliphatic hydroxyl groups excluding tert-OH is 1. The highest BCUT2D eigenvalue weighted by molar-refractivity contribution is 5.45. The highest BCUT2D eigenvalue weighted by Gasteiger charge is 2.21. The van der Waals surface area contributed by atoms with E-state index in [1.54, 1.807) is 18.2 Å². The van der Waals surface area contributed by atoms with E-state index in [0.29, 0.717) is 17.1 Å². The molecule has 0 aliphatic carbocycles. The van der Waals surface area contributed by atoms with Gasteiger partial charge in [-0.15, -0.1) is 0 Å². The Morgan fingerprint density at radius 2 is 1.75 bits per heavy atom. The fourth-order valence-electron chi connectivity index (χ4n) is 1.94. The normalized spacial score (nSPS) is 12.1. The Morgan fingerprint density at radius 3 is 2.40 bits per heavy atom. The van der Waals surface area contributed by atoms with E-state index < -0.39 is 17.7 Å². The second-order valence-electron chi connectivity index (χ2n) is 4.15. The molecule has 0 aliphatic rings. The fourth-order valence-corrected chi connectivity index (χ4v) is 1.94. The van der Waals surface area contributed by atoms with Gasteiger partial charge >= 0.3 is 0 Å².